The molecule has 166 valence electrons. The van der Waals surface area contributed by atoms with Gasteiger partial charge in [-0.2, -0.15) is 0 Å². The molecule has 0 bridgehead atoms. The Bertz CT molecular complexity index is 836. The van der Waals surface area contributed by atoms with Crippen LogP contribution in [0.1, 0.15) is 18.9 Å². The molecule has 1 aliphatic heterocycles. The predicted molar refractivity (Wildman–Crippen MR) is 119 cm³/mol. The quantitative estimate of drug-likeness (QED) is 0.443. The summed E-state index contributed by atoms with van der Waals surface area (Å²) < 4.78 is 13.0. The zero-order valence-corrected chi connectivity index (χ0v) is 18.1. The molecule has 0 radical (unpaired) electrons. The first-order chi connectivity index (χ1) is 15.0. The highest BCUT2D eigenvalue weighted by atomic mass is 19.1. The average Bonchev–Trinajstić information content (AvgIpc) is 2.76. The molecule has 1 saturated heterocycles. The summed E-state index contributed by atoms with van der Waals surface area (Å²) in [7, 11) is 0. The number of quaternary nitrogens is 2. The number of hydrogen-bond acceptors (Lipinski definition) is 2. The van der Waals surface area contributed by atoms with E-state index in [1.165, 1.54) is 27.5 Å². The summed E-state index contributed by atoms with van der Waals surface area (Å²) in [6.07, 6.45) is 1.88. The number of carbonyl (C=O) groups is 2. The highest BCUT2D eigenvalue weighted by Crippen LogP contribution is 2.07. The van der Waals surface area contributed by atoms with Crippen molar-refractivity contribution in [2.24, 2.45) is 0 Å². The first-order valence-corrected chi connectivity index (χ1v) is 11.0. The van der Waals surface area contributed by atoms with Crippen LogP contribution in [-0.2, 0) is 16.0 Å². The molecule has 1 fully saturated rings. The number of hydrogen-bond donors (Lipinski definition) is 4. The van der Waals surface area contributed by atoms with E-state index in [-0.39, 0.29) is 23.7 Å². The fourth-order valence-corrected chi connectivity index (χ4v) is 3.93. The second kappa shape index (κ2) is 11.6. The van der Waals surface area contributed by atoms with Gasteiger partial charge in [0, 0.05) is 11.7 Å². The van der Waals surface area contributed by atoms with Crippen LogP contribution in [0, 0.1) is 5.82 Å². The highest BCUT2D eigenvalue weighted by molar-refractivity contribution is 5.91. The van der Waals surface area contributed by atoms with Crippen LogP contribution < -0.4 is 20.4 Å². The number of anilines is 1. The number of benzene rings is 2. The zero-order chi connectivity index (χ0) is 22.1. The van der Waals surface area contributed by atoms with Crippen LogP contribution in [0.25, 0.3) is 0 Å². The molecule has 0 aliphatic carbocycles. The van der Waals surface area contributed by atoms with Crippen LogP contribution in [0.4, 0.5) is 10.1 Å². The summed E-state index contributed by atoms with van der Waals surface area (Å²) in [6, 6.07) is 16.2. The van der Waals surface area contributed by atoms with Crippen molar-refractivity contribution in [3.05, 3.63) is 66.0 Å². The van der Waals surface area contributed by atoms with E-state index in [1.807, 2.05) is 18.2 Å². The van der Waals surface area contributed by atoms with E-state index in [0.29, 0.717) is 18.8 Å². The molecule has 31 heavy (non-hydrogen) atoms. The molecular weight excluding hydrogens is 395 g/mol. The summed E-state index contributed by atoms with van der Waals surface area (Å²) in [4.78, 5) is 27.1. The van der Waals surface area contributed by atoms with Crippen molar-refractivity contribution in [1.29, 1.82) is 0 Å². The number of carbonyl (C=O) groups excluding carboxylic acids is 2. The molecule has 3 rings (SSSR count). The molecule has 2 aromatic carbocycles. The molecule has 7 heteroatoms. The second-order valence-electron chi connectivity index (χ2n) is 8.40. The van der Waals surface area contributed by atoms with Crippen LogP contribution in [-0.4, -0.2) is 57.1 Å². The van der Waals surface area contributed by atoms with Gasteiger partial charge in [-0.1, -0.05) is 30.3 Å². The molecule has 0 aromatic heterocycles. The minimum Gasteiger partial charge on any atom is -0.349 e. The Morgan fingerprint density at radius 2 is 1.48 bits per heavy atom. The van der Waals surface area contributed by atoms with Gasteiger partial charge >= 0.3 is 0 Å². The molecule has 1 aliphatic rings. The molecular formula is C24H33FN4O2+2. The minimum absolute atomic E-state index is 0.0740. The van der Waals surface area contributed by atoms with E-state index in [0.717, 1.165) is 39.0 Å². The smallest absolute Gasteiger partial charge is 0.279 e. The van der Waals surface area contributed by atoms with Crippen LogP contribution in [0.5, 0.6) is 0 Å². The monoisotopic (exact) mass is 428 g/mol. The van der Waals surface area contributed by atoms with Gasteiger partial charge in [-0.15, -0.1) is 0 Å². The van der Waals surface area contributed by atoms with Gasteiger partial charge < -0.3 is 20.4 Å². The van der Waals surface area contributed by atoms with Crippen molar-refractivity contribution in [1.82, 2.24) is 5.32 Å². The van der Waals surface area contributed by atoms with Gasteiger partial charge in [0.05, 0.1) is 0 Å². The van der Waals surface area contributed by atoms with Crippen LogP contribution in [0.3, 0.4) is 0 Å². The lowest BCUT2D eigenvalue weighted by Gasteiger charge is -2.29. The number of aryl methyl sites for hydroxylation is 1. The standard InChI is InChI=1S/C24H31FN4O2/c1-19(7-8-20-5-3-2-4-6-20)26-23(30)17-28-13-15-29(16-14-28)18-24(31)27-22-11-9-21(25)10-12-22/h2-6,9-12,19H,7-8,13-18H2,1H3,(H,26,30)(H,27,31)/p+2/t19-/m1/s1. The topological polar surface area (TPSA) is 67.1 Å². The van der Waals surface area contributed by atoms with Gasteiger partial charge in [0.15, 0.2) is 13.1 Å². The number of rotatable bonds is 9. The number of amides is 2. The Morgan fingerprint density at radius 3 is 2.10 bits per heavy atom. The van der Waals surface area contributed by atoms with Crippen LogP contribution in [0.15, 0.2) is 54.6 Å². The highest BCUT2D eigenvalue weighted by Gasteiger charge is 2.26. The fraction of sp³-hybridized carbons (Fsp3) is 0.417. The Labute approximate surface area is 183 Å². The van der Waals surface area contributed by atoms with Gasteiger partial charge in [-0.05, 0) is 49.6 Å². The van der Waals surface area contributed by atoms with E-state index in [1.54, 1.807) is 12.1 Å². The first kappa shape index (κ1) is 22.9. The Hall–Kier alpha value is -2.77. The summed E-state index contributed by atoms with van der Waals surface area (Å²) in [5.74, 6) is -0.305. The Kier molecular flexibility index (Phi) is 8.55. The molecule has 0 unspecified atom stereocenters. The molecule has 0 saturated carbocycles. The molecule has 4 N–H and O–H groups in total. The maximum Gasteiger partial charge on any atom is 0.279 e. The fourth-order valence-electron chi connectivity index (χ4n) is 3.93. The third kappa shape index (κ3) is 8.11. The summed E-state index contributed by atoms with van der Waals surface area (Å²) in [6.45, 7) is 6.35. The summed E-state index contributed by atoms with van der Waals surface area (Å²) in [5, 5.41) is 5.92. The number of piperazine rings is 1. The first-order valence-electron chi connectivity index (χ1n) is 11.0. The summed E-state index contributed by atoms with van der Waals surface area (Å²) in [5.41, 5.74) is 1.89. The Morgan fingerprint density at radius 1 is 0.903 bits per heavy atom. The lowest BCUT2D eigenvalue weighted by atomic mass is 10.1. The lowest BCUT2D eigenvalue weighted by Crippen LogP contribution is -3.28. The maximum atomic E-state index is 13.0. The van der Waals surface area contributed by atoms with Gasteiger partial charge in [-0.3, -0.25) is 9.59 Å². The van der Waals surface area contributed by atoms with E-state index in [2.05, 4.69) is 29.7 Å². The predicted octanol–water partition coefficient (Wildman–Crippen LogP) is -0.315. The van der Waals surface area contributed by atoms with Crippen molar-refractivity contribution in [2.45, 2.75) is 25.8 Å². The minimum atomic E-state index is -0.322. The van der Waals surface area contributed by atoms with E-state index in [4.69, 9.17) is 0 Å². The van der Waals surface area contributed by atoms with Gasteiger partial charge in [0.1, 0.15) is 32.0 Å². The van der Waals surface area contributed by atoms with Gasteiger partial charge in [0.2, 0.25) is 0 Å². The third-order valence-corrected chi connectivity index (χ3v) is 5.73. The van der Waals surface area contributed by atoms with Crippen molar-refractivity contribution in [3.63, 3.8) is 0 Å². The van der Waals surface area contributed by atoms with Crippen molar-refractivity contribution in [3.8, 4) is 0 Å². The number of halogens is 1. The van der Waals surface area contributed by atoms with E-state index < -0.39 is 0 Å². The van der Waals surface area contributed by atoms with Crippen molar-refractivity contribution in [2.75, 3.05) is 44.6 Å². The van der Waals surface area contributed by atoms with Crippen molar-refractivity contribution >= 4 is 17.5 Å². The molecule has 1 atom stereocenters. The van der Waals surface area contributed by atoms with Gasteiger partial charge in [0.25, 0.3) is 11.8 Å². The normalized spacial score (nSPS) is 19.4. The van der Waals surface area contributed by atoms with E-state index in [9.17, 15) is 14.0 Å². The summed E-state index contributed by atoms with van der Waals surface area (Å²) >= 11 is 0. The zero-order valence-electron chi connectivity index (χ0n) is 18.1. The second-order valence-corrected chi connectivity index (χ2v) is 8.40. The van der Waals surface area contributed by atoms with Crippen LogP contribution in [0.2, 0.25) is 0 Å². The molecule has 1 heterocycles. The maximum absolute atomic E-state index is 13.0. The number of nitrogens with one attached hydrogen (secondary N) is 4. The van der Waals surface area contributed by atoms with Crippen molar-refractivity contribution < 1.29 is 23.8 Å². The van der Waals surface area contributed by atoms with Gasteiger partial charge in [-0.25, -0.2) is 4.39 Å². The van der Waals surface area contributed by atoms with Crippen LogP contribution >= 0.6 is 0 Å². The molecule has 6 nitrogen and oxygen atoms in total. The lowest BCUT2D eigenvalue weighted by molar-refractivity contribution is -1.00. The average molecular weight is 429 g/mol. The van der Waals surface area contributed by atoms with E-state index >= 15 is 0 Å². The Balaban J connectivity index is 1.31. The molecule has 2 aromatic rings. The molecule has 2 amide bonds. The SMILES string of the molecule is C[C@H](CCc1ccccc1)NC(=O)C[NH+]1CC[NH+](CC(=O)Nc2ccc(F)cc2)CC1. The molecule has 0 spiro atoms. The largest absolute Gasteiger partial charge is 0.349 e. The third-order valence-electron chi connectivity index (χ3n) is 5.73.